The monoisotopic (exact) mass is 242 g/mol. The van der Waals surface area contributed by atoms with Crippen molar-refractivity contribution in [3.8, 4) is 0 Å². The highest BCUT2D eigenvalue weighted by Gasteiger charge is 2.23. The highest BCUT2D eigenvalue weighted by molar-refractivity contribution is 5.28. The fraction of sp³-hybridized carbons (Fsp3) is 0.250. The Bertz CT molecular complexity index is 450. The van der Waals surface area contributed by atoms with Crippen molar-refractivity contribution in [2.24, 2.45) is 0 Å². The molecular formula is C16H22N2+2. The summed E-state index contributed by atoms with van der Waals surface area (Å²) in [6.07, 6.45) is 0. The van der Waals surface area contributed by atoms with Gasteiger partial charge in [-0.2, -0.15) is 0 Å². The predicted octanol–water partition coefficient (Wildman–Crippen LogP) is 1.57. The van der Waals surface area contributed by atoms with Gasteiger partial charge in [-0.15, -0.1) is 0 Å². The summed E-state index contributed by atoms with van der Waals surface area (Å²) in [5.74, 6) is 0. The molecule has 6 N–H and O–H groups in total. The predicted molar refractivity (Wildman–Crippen MR) is 73.6 cm³/mol. The zero-order chi connectivity index (χ0) is 13.1. The Hall–Kier alpha value is -1.64. The third-order valence-electron chi connectivity index (χ3n) is 3.50. The number of rotatable bonds is 3. The van der Waals surface area contributed by atoms with E-state index in [0.717, 1.165) is 0 Å². The average Bonchev–Trinajstić information content (AvgIpc) is 2.39. The third-order valence-corrected chi connectivity index (χ3v) is 3.50. The van der Waals surface area contributed by atoms with Crippen molar-refractivity contribution in [1.82, 2.24) is 0 Å². The molecule has 0 unspecified atom stereocenters. The van der Waals surface area contributed by atoms with E-state index in [1.165, 1.54) is 22.3 Å². The highest BCUT2D eigenvalue weighted by atomic mass is 14.8. The minimum absolute atomic E-state index is 0.188. The fourth-order valence-electron chi connectivity index (χ4n) is 2.09. The van der Waals surface area contributed by atoms with Gasteiger partial charge in [0, 0.05) is 11.1 Å². The van der Waals surface area contributed by atoms with E-state index in [2.05, 4.69) is 73.8 Å². The van der Waals surface area contributed by atoms with Crippen LogP contribution in [0.15, 0.2) is 48.5 Å². The molecule has 2 aromatic carbocycles. The summed E-state index contributed by atoms with van der Waals surface area (Å²) in [5.41, 5.74) is 13.6. The number of hydrogen-bond acceptors (Lipinski definition) is 0. The number of quaternary nitrogens is 2. The summed E-state index contributed by atoms with van der Waals surface area (Å²) in [7, 11) is 0. The van der Waals surface area contributed by atoms with Crippen LogP contribution in [0, 0.1) is 13.8 Å². The lowest BCUT2D eigenvalue weighted by Crippen LogP contribution is -2.68. The second-order valence-electron chi connectivity index (χ2n) is 5.03. The Balaban J connectivity index is 2.20. The molecule has 0 saturated carbocycles. The van der Waals surface area contributed by atoms with Crippen LogP contribution in [-0.2, 0) is 0 Å². The van der Waals surface area contributed by atoms with E-state index in [1.54, 1.807) is 0 Å². The summed E-state index contributed by atoms with van der Waals surface area (Å²) in [6, 6.07) is 17.5. The lowest BCUT2D eigenvalue weighted by Gasteiger charge is -2.15. The third kappa shape index (κ3) is 2.78. The van der Waals surface area contributed by atoms with Gasteiger partial charge < -0.3 is 11.5 Å². The molecule has 0 spiro atoms. The molecule has 94 valence electrons. The minimum Gasteiger partial charge on any atom is -0.346 e. The van der Waals surface area contributed by atoms with Crippen LogP contribution in [0.2, 0.25) is 0 Å². The van der Waals surface area contributed by atoms with Crippen molar-refractivity contribution in [2.45, 2.75) is 25.9 Å². The molecule has 0 saturated heterocycles. The normalized spacial score (nSPS) is 14.2. The van der Waals surface area contributed by atoms with Gasteiger partial charge in [-0.3, -0.25) is 0 Å². The van der Waals surface area contributed by atoms with Gasteiger partial charge in [-0.05, 0) is 13.8 Å². The van der Waals surface area contributed by atoms with Crippen LogP contribution < -0.4 is 11.5 Å². The Kier molecular flexibility index (Phi) is 3.80. The molecule has 0 aliphatic heterocycles. The summed E-state index contributed by atoms with van der Waals surface area (Å²) in [4.78, 5) is 0. The number of benzene rings is 2. The molecule has 0 aliphatic carbocycles. The van der Waals surface area contributed by atoms with Gasteiger partial charge in [-0.25, -0.2) is 0 Å². The van der Waals surface area contributed by atoms with Gasteiger partial charge in [0.05, 0.1) is 0 Å². The SMILES string of the molecule is Cc1ccc([C@@H]([NH3+])[C@@H]([NH3+])c2ccc(C)cc2)cc1. The Labute approximate surface area is 109 Å². The second-order valence-corrected chi connectivity index (χ2v) is 5.03. The first-order chi connectivity index (χ1) is 8.58. The van der Waals surface area contributed by atoms with Gasteiger partial charge in [-0.1, -0.05) is 59.7 Å². The molecule has 0 amide bonds. The maximum Gasteiger partial charge on any atom is 0.167 e. The van der Waals surface area contributed by atoms with Gasteiger partial charge in [0.25, 0.3) is 0 Å². The largest absolute Gasteiger partial charge is 0.346 e. The molecule has 0 radical (unpaired) electrons. The topological polar surface area (TPSA) is 55.3 Å². The molecule has 2 aromatic rings. The van der Waals surface area contributed by atoms with E-state index in [4.69, 9.17) is 0 Å². The van der Waals surface area contributed by atoms with E-state index in [9.17, 15) is 0 Å². The zero-order valence-corrected chi connectivity index (χ0v) is 11.2. The second kappa shape index (κ2) is 5.34. The maximum atomic E-state index is 4.27. The van der Waals surface area contributed by atoms with Crippen LogP contribution in [0.3, 0.4) is 0 Å². The van der Waals surface area contributed by atoms with Crippen molar-refractivity contribution < 1.29 is 11.5 Å². The van der Waals surface area contributed by atoms with Crippen LogP contribution in [0.5, 0.6) is 0 Å². The van der Waals surface area contributed by atoms with Crippen LogP contribution >= 0.6 is 0 Å². The first kappa shape index (κ1) is 12.8. The van der Waals surface area contributed by atoms with E-state index < -0.39 is 0 Å². The van der Waals surface area contributed by atoms with Gasteiger partial charge in [0.2, 0.25) is 0 Å². The number of hydrogen-bond donors (Lipinski definition) is 2. The summed E-state index contributed by atoms with van der Waals surface area (Å²) >= 11 is 0. The molecule has 2 rings (SSSR count). The Morgan fingerprint density at radius 1 is 0.611 bits per heavy atom. The zero-order valence-electron chi connectivity index (χ0n) is 11.2. The lowest BCUT2D eigenvalue weighted by atomic mass is 9.94. The van der Waals surface area contributed by atoms with E-state index >= 15 is 0 Å². The van der Waals surface area contributed by atoms with E-state index in [-0.39, 0.29) is 12.1 Å². The van der Waals surface area contributed by atoms with E-state index in [0.29, 0.717) is 0 Å². The maximum absolute atomic E-state index is 4.27. The van der Waals surface area contributed by atoms with Crippen LogP contribution in [0.1, 0.15) is 34.3 Å². The average molecular weight is 242 g/mol. The number of aryl methyl sites for hydroxylation is 2. The standard InChI is InChI=1S/C16H20N2/c1-11-3-7-13(8-4-11)15(17)16(18)14-9-5-12(2)6-10-14/h3-10,15-16H,17-18H2,1-2H3/p+2/t15-,16+. The van der Waals surface area contributed by atoms with E-state index in [1.807, 2.05) is 0 Å². The molecular weight excluding hydrogens is 220 g/mol. The van der Waals surface area contributed by atoms with Gasteiger partial charge >= 0.3 is 0 Å². The molecule has 2 heteroatoms. The van der Waals surface area contributed by atoms with Gasteiger partial charge in [0.15, 0.2) is 12.1 Å². The smallest absolute Gasteiger partial charge is 0.167 e. The molecule has 0 aliphatic rings. The van der Waals surface area contributed by atoms with Crippen molar-refractivity contribution in [1.29, 1.82) is 0 Å². The first-order valence-electron chi connectivity index (χ1n) is 6.37. The molecule has 18 heavy (non-hydrogen) atoms. The Morgan fingerprint density at radius 2 is 0.889 bits per heavy atom. The van der Waals surface area contributed by atoms with Crippen LogP contribution in [-0.4, -0.2) is 0 Å². The van der Waals surface area contributed by atoms with Crippen molar-refractivity contribution in [3.05, 3.63) is 70.8 Å². The quantitative estimate of drug-likeness (QED) is 0.821. The summed E-state index contributed by atoms with van der Waals surface area (Å²) in [5, 5.41) is 0. The molecule has 2 atom stereocenters. The highest BCUT2D eigenvalue weighted by Crippen LogP contribution is 2.22. The minimum atomic E-state index is 0.188. The summed E-state index contributed by atoms with van der Waals surface area (Å²) < 4.78 is 0. The molecule has 0 heterocycles. The Morgan fingerprint density at radius 3 is 1.17 bits per heavy atom. The van der Waals surface area contributed by atoms with Crippen LogP contribution in [0.25, 0.3) is 0 Å². The van der Waals surface area contributed by atoms with Crippen molar-refractivity contribution in [3.63, 3.8) is 0 Å². The van der Waals surface area contributed by atoms with Crippen molar-refractivity contribution in [2.75, 3.05) is 0 Å². The summed E-state index contributed by atoms with van der Waals surface area (Å²) in [6.45, 7) is 4.20. The lowest BCUT2D eigenvalue weighted by molar-refractivity contribution is -0.540. The molecule has 0 aromatic heterocycles. The molecule has 0 fully saturated rings. The van der Waals surface area contributed by atoms with Crippen LogP contribution in [0.4, 0.5) is 0 Å². The van der Waals surface area contributed by atoms with Gasteiger partial charge in [0.1, 0.15) is 0 Å². The molecule has 2 nitrogen and oxygen atoms in total. The first-order valence-corrected chi connectivity index (χ1v) is 6.37. The fourth-order valence-corrected chi connectivity index (χ4v) is 2.09. The van der Waals surface area contributed by atoms with Crippen molar-refractivity contribution >= 4 is 0 Å². The molecule has 0 bridgehead atoms.